The zero-order valence-electron chi connectivity index (χ0n) is 12.3. The largest absolute Gasteiger partial charge is 0.352 e. The van der Waals surface area contributed by atoms with E-state index in [-0.39, 0.29) is 5.91 Å². The molecular formula is C16H15N4O3+. The van der Waals surface area contributed by atoms with Gasteiger partial charge in [-0.15, -0.1) is 0 Å². The number of aromatic amines is 1. The van der Waals surface area contributed by atoms with Crippen molar-refractivity contribution >= 4 is 23.7 Å². The number of ketones is 1. The average Bonchev–Trinajstić information content (AvgIpc) is 3.05. The number of Topliss-reactive ketones (excluding diaryl/α,β-unsaturated/α-hetero) is 1. The van der Waals surface area contributed by atoms with Crippen LogP contribution in [0.25, 0.3) is 6.08 Å². The Kier molecular flexibility index (Phi) is 4.09. The highest BCUT2D eigenvalue weighted by Gasteiger charge is 2.14. The molecule has 0 aliphatic carbocycles. The zero-order chi connectivity index (χ0) is 16.2. The zero-order valence-corrected chi connectivity index (χ0v) is 12.3. The Hall–Kier alpha value is -3.09. The van der Waals surface area contributed by atoms with Crippen molar-refractivity contribution < 1.29 is 19.0 Å². The molecule has 3 rings (SSSR count). The molecular weight excluding hydrogens is 296 g/mol. The molecule has 2 N–H and O–H groups in total. The van der Waals surface area contributed by atoms with Crippen molar-refractivity contribution in [1.82, 2.24) is 10.3 Å². The van der Waals surface area contributed by atoms with E-state index < -0.39 is 11.7 Å². The molecule has 0 bridgehead atoms. The number of fused-ring (bicyclic) bond motifs is 1. The van der Waals surface area contributed by atoms with Crippen LogP contribution in [0, 0.1) is 0 Å². The number of hydrogen-bond donors (Lipinski definition) is 2. The first-order valence-corrected chi connectivity index (χ1v) is 7.22. The van der Waals surface area contributed by atoms with Gasteiger partial charge in [-0.25, -0.2) is 9.56 Å². The molecule has 0 fully saturated rings. The number of rotatable bonds is 5. The van der Waals surface area contributed by atoms with Gasteiger partial charge in [-0.1, -0.05) is 0 Å². The van der Waals surface area contributed by atoms with E-state index in [9.17, 15) is 14.4 Å². The van der Waals surface area contributed by atoms with Crippen molar-refractivity contribution in [1.29, 1.82) is 0 Å². The second kappa shape index (κ2) is 6.35. The van der Waals surface area contributed by atoms with E-state index in [4.69, 9.17) is 0 Å². The van der Waals surface area contributed by atoms with Crippen LogP contribution in [0.4, 0.5) is 0 Å². The quantitative estimate of drug-likeness (QED) is 0.405. The lowest BCUT2D eigenvalue weighted by Gasteiger charge is -2.05. The fraction of sp³-hybridized carbons (Fsp3) is 0.188. The third-order valence-electron chi connectivity index (χ3n) is 3.49. The van der Waals surface area contributed by atoms with Gasteiger partial charge in [0, 0.05) is 29.8 Å². The number of carbonyl (C=O) groups is 3. The highest BCUT2D eigenvalue weighted by atomic mass is 16.2. The number of amides is 2. The smallest absolute Gasteiger partial charge is 0.317 e. The van der Waals surface area contributed by atoms with E-state index >= 15 is 0 Å². The molecule has 1 aliphatic heterocycles. The van der Waals surface area contributed by atoms with Gasteiger partial charge in [0.05, 0.1) is 11.9 Å². The molecule has 0 atom stereocenters. The molecule has 2 heterocycles. The first-order chi connectivity index (χ1) is 11.1. The number of hydrogen-bond acceptors (Lipinski definition) is 3. The Morgan fingerprint density at radius 2 is 2.17 bits per heavy atom. The minimum Gasteiger partial charge on any atom is -0.352 e. The van der Waals surface area contributed by atoms with E-state index in [1.807, 2.05) is 23.3 Å². The predicted octanol–water partition coefficient (Wildman–Crippen LogP) is -1.37. The fourth-order valence-corrected chi connectivity index (χ4v) is 2.31. The predicted molar refractivity (Wildman–Crippen MR) is 79.6 cm³/mol. The van der Waals surface area contributed by atoms with Gasteiger partial charge in [0.2, 0.25) is 12.1 Å². The highest BCUT2D eigenvalue weighted by Crippen LogP contribution is 1.95. The van der Waals surface area contributed by atoms with Crippen molar-refractivity contribution in [3.8, 4) is 0 Å². The summed E-state index contributed by atoms with van der Waals surface area (Å²) in [7, 11) is 0. The SMILES string of the molecule is O=C1C=c2cc(C(=O)NCCC[n+]3cc[nH]c3)ccc2=NC1=O. The maximum atomic E-state index is 12.1. The Bertz CT molecular complexity index is 885. The average molecular weight is 311 g/mol. The van der Waals surface area contributed by atoms with Crippen molar-refractivity contribution in [2.24, 2.45) is 4.99 Å². The van der Waals surface area contributed by atoms with Crippen LogP contribution in [0.2, 0.25) is 0 Å². The Morgan fingerprint density at radius 3 is 2.96 bits per heavy atom. The first-order valence-electron chi connectivity index (χ1n) is 7.22. The van der Waals surface area contributed by atoms with Gasteiger partial charge in [0.15, 0.2) is 0 Å². The van der Waals surface area contributed by atoms with Gasteiger partial charge in [0.25, 0.3) is 5.91 Å². The monoisotopic (exact) mass is 311 g/mol. The lowest BCUT2D eigenvalue weighted by Crippen LogP contribution is -2.36. The number of aromatic nitrogens is 2. The Morgan fingerprint density at radius 1 is 1.30 bits per heavy atom. The van der Waals surface area contributed by atoms with Gasteiger partial charge in [-0.2, -0.15) is 0 Å². The van der Waals surface area contributed by atoms with Gasteiger partial charge in [0.1, 0.15) is 12.4 Å². The highest BCUT2D eigenvalue weighted by molar-refractivity contribution is 6.48. The second-order valence-corrected chi connectivity index (χ2v) is 5.16. The molecule has 7 heteroatoms. The number of benzene rings is 1. The fourth-order valence-electron chi connectivity index (χ4n) is 2.31. The standard InChI is InChI=1S/C16H14N4O3/c21-14-9-12-8-11(2-3-13(12)19-16(14)23)15(22)18-4-1-6-20-7-5-17-10-20/h2-3,5,7-10H,1,4,6H2,(H,18,22)/p+1. The molecule has 1 aromatic heterocycles. The molecule has 0 spiro atoms. The number of H-pyrrole nitrogens is 1. The summed E-state index contributed by atoms with van der Waals surface area (Å²) in [5.74, 6) is -1.67. The van der Waals surface area contributed by atoms with Crippen molar-refractivity contribution in [3.05, 3.63) is 53.1 Å². The normalized spacial score (nSPS) is 13.0. The molecule has 1 aliphatic rings. The Balaban J connectivity index is 1.63. The summed E-state index contributed by atoms with van der Waals surface area (Å²) in [6.07, 6.45) is 7.61. The van der Waals surface area contributed by atoms with Crippen molar-refractivity contribution in [3.63, 3.8) is 0 Å². The summed E-state index contributed by atoms with van der Waals surface area (Å²) < 4.78 is 1.99. The van der Waals surface area contributed by atoms with E-state index in [0.29, 0.717) is 22.7 Å². The summed E-state index contributed by atoms with van der Waals surface area (Å²) >= 11 is 0. The van der Waals surface area contributed by atoms with E-state index in [1.54, 1.807) is 18.2 Å². The summed E-state index contributed by atoms with van der Waals surface area (Å²) in [6, 6.07) is 4.73. The molecule has 116 valence electrons. The molecule has 0 saturated heterocycles. The summed E-state index contributed by atoms with van der Waals surface area (Å²) in [4.78, 5) is 41.3. The third-order valence-corrected chi connectivity index (χ3v) is 3.49. The molecule has 23 heavy (non-hydrogen) atoms. The van der Waals surface area contributed by atoms with E-state index in [0.717, 1.165) is 13.0 Å². The maximum Gasteiger partial charge on any atom is 0.317 e. The van der Waals surface area contributed by atoms with Gasteiger partial charge in [-0.05, 0) is 18.2 Å². The molecule has 0 radical (unpaired) electrons. The minimum atomic E-state index is -0.781. The second-order valence-electron chi connectivity index (χ2n) is 5.16. The van der Waals surface area contributed by atoms with Crippen LogP contribution in [0.1, 0.15) is 16.8 Å². The lowest BCUT2D eigenvalue weighted by atomic mass is 10.1. The Labute approximate surface area is 131 Å². The van der Waals surface area contributed by atoms with Crippen LogP contribution in [0.5, 0.6) is 0 Å². The van der Waals surface area contributed by atoms with E-state index in [2.05, 4.69) is 15.3 Å². The summed E-state index contributed by atoms with van der Waals surface area (Å²) in [6.45, 7) is 1.34. The van der Waals surface area contributed by atoms with Crippen LogP contribution >= 0.6 is 0 Å². The molecule has 1 aromatic carbocycles. The maximum absolute atomic E-state index is 12.1. The summed E-state index contributed by atoms with van der Waals surface area (Å²) in [5.41, 5.74) is 0.437. The molecule has 7 nitrogen and oxygen atoms in total. The topological polar surface area (TPSA) is 95.3 Å². The van der Waals surface area contributed by atoms with Gasteiger partial charge >= 0.3 is 5.91 Å². The van der Waals surface area contributed by atoms with Gasteiger partial charge in [-0.3, -0.25) is 19.4 Å². The molecule has 0 saturated carbocycles. The van der Waals surface area contributed by atoms with Crippen LogP contribution in [0.3, 0.4) is 0 Å². The number of carbonyl (C=O) groups excluding carboxylic acids is 3. The van der Waals surface area contributed by atoms with E-state index in [1.165, 1.54) is 6.08 Å². The van der Waals surface area contributed by atoms with Gasteiger partial charge < -0.3 is 5.32 Å². The number of imidazole rings is 1. The lowest BCUT2D eigenvalue weighted by molar-refractivity contribution is -0.695. The number of nitrogens with one attached hydrogen (secondary N) is 2. The van der Waals surface area contributed by atoms with Crippen LogP contribution in [-0.2, 0) is 16.1 Å². The van der Waals surface area contributed by atoms with Crippen LogP contribution in [-0.4, -0.2) is 29.1 Å². The minimum absolute atomic E-state index is 0.218. The van der Waals surface area contributed by atoms with Crippen molar-refractivity contribution in [2.45, 2.75) is 13.0 Å². The molecule has 2 amide bonds. The first kappa shape index (κ1) is 14.8. The van der Waals surface area contributed by atoms with Crippen LogP contribution < -0.4 is 20.5 Å². The molecule has 0 unspecified atom stereocenters. The third kappa shape index (κ3) is 3.39. The summed E-state index contributed by atoms with van der Waals surface area (Å²) in [5, 5.41) is 3.73. The van der Waals surface area contributed by atoms with Crippen LogP contribution in [0.15, 0.2) is 41.9 Å². The number of aryl methyl sites for hydroxylation is 1. The van der Waals surface area contributed by atoms with Crippen molar-refractivity contribution in [2.75, 3.05) is 6.54 Å². The number of nitrogens with zero attached hydrogens (tertiary/aromatic N) is 2. The molecule has 2 aromatic rings.